The summed E-state index contributed by atoms with van der Waals surface area (Å²) < 4.78 is 0. The van der Waals surface area contributed by atoms with Gasteiger partial charge in [0, 0.05) is 11.7 Å². The molecule has 0 aromatic heterocycles. The van der Waals surface area contributed by atoms with Crippen LogP contribution < -0.4 is 21.6 Å². The molecule has 1 aromatic carbocycles. The fraction of sp³-hybridized carbons (Fsp3) is 0.364. The summed E-state index contributed by atoms with van der Waals surface area (Å²) in [7, 11) is 5.66. The lowest BCUT2D eigenvalue weighted by molar-refractivity contribution is 0.511. The summed E-state index contributed by atoms with van der Waals surface area (Å²) in [6.07, 6.45) is 1.04. The van der Waals surface area contributed by atoms with Gasteiger partial charge in [0.25, 0.3) is 0 Å². The quantitative estimate of drug-likeness (QED) is 0.413. The van der Waals surface area contributed by atoms with E-state index in [9.17, 15) is 0 Å². The Morgan fingerprint density at radius 3 is 2.88 bits per heavy atom. The highest BCUT2D eigenvalue weighted by atomic mass is 32.1. The molecule has 16 heavy (non-hydrogen) atoms. The first-order valence-corrected chi connectivity index (χ1v) is 5.70. The number of hydrogen-bond donors (Lipinski definition) is 3. The van der Waals surface area contributed by atoms with Gasteiger partial charge in [-0.3, -0.25) is 5.43 Å². The second-order valence-electron chi connectivity index (χ2n) is 3.66. The Morgan fingerprint density at radius 1 is 1.50 bits per heavy atom. The van der Waals surface area contributed by atoms with Gasteiger partial charge in [0.1, 0.15) is 7.85 Å². The van der Waals surface area contributed by atoms with E-state index in [0.29, 0.717) is 16.6 Å². The van der Waals surface area contributed by atoms with Gasteiger partial charge in [-0.1, -0.05) is 24.5 Å². The Balaban J connectivity index is 2.40. The molecule has 0 aliphatic carbocycles. The second-order valence-corrected chi connectivity index (χ2v) is 4.07. The first-order valence-electron chi connectivity index (χ1n) is 5.30. The Morgan fingerprint density at radius 2 is 2.25 bits per heavy atom. The molecule has 3 N–H and O–H groups in total. The van der Waals surface area contributed by atoms with Gasteiger partial charge in [0.15, 0.2) is 5.11 Å². The molecule has 0 saturated carbocycles. The highest BCUT2D eigenvalue weighted by Gasteiger charge is 1.99. The molecule has 0 aliphatic rings. The van der Waals surface area contributed by atoms with Gasteiger partial charge >= 0.3 is 0 Å². The minimum atomic E-state index is 0.376. The molecule has 0 aliphatic heterocycles. The molecule has 5 heteroatoms. The van der Waals surface area contributed by atoms with Crippen LogP contribution in [0.3, 0.4) is 0 Å². The van der Waals surface area contributed by atoms with Crippen LogP contribution in [0.2, 0.25) is 0 Å². The van der Waals surface area contributed by atoms with Gasteiger partial charge in [-0.2, -0.15) is 0 Å². The zero-order valence-corrected chi connectivity index (χ0v) is 10.4. The number of hydrazine groups is 1. The molecule has 0 heterocycles. The standard InChI is InChI=1S/C11H16BN3S/c1-3-8(2)14-15-11(16)13-10-6-4-5-9(12)7-10/h4-8,14H,3H2,1-2H3,(H2,13,15,16). The van der Waals surface area contributed by atoms with Crippen LogP contribution in [0.4, 0.5) is 5.69 Å². The molecule has 3 nitrogen and oxygen atoms in total. The number of anilines is 1. The van der Waals surface area contributed by atoms with Gasteiger partial charge in [-0.25, -0.2) is 5.43 Å². The topological polar surface area (TPSA) is 36.1 Å². The van der Waals surface area contributed by atoms with Crippen molar-refractivity contribution in [2.24, 2.45) is 0 Å². The normalized spacial score (nSPS) is 11.9. The highest BCUT2D eigenvalue weighted by molar-refractivity contribution is 7.80. The maximum absolute atomic E-state index is 5.66. The number of thiocarbonyl (C=S) groups is 1. The molecule has 84 valence electrons. The van der Waals surface area contributed by atoms with Crippen LogP contribution >= 0.6 is 12.2 Å². The van der Waals surface area contributed by atoms with E-state index in [-0.39, 0.29) is 0 Å². The molecular formula is C11H16BN3S. The Bertz CT molecular complexity index is 357. The first kappa shape index (κ1) is 13.0. The molecule has 0 spiro atoms. The number of nitrogens with one attached hydrogen (secondary N) is 3. The third-order valence-electron chi connectivity index (χ3n) is 2.19. The van der Waals surface area contributed by atoms with E-state index < -0.39 is 0 Å². The summed E-state index contributed by atoms with van der Waals surface area (Å²) in [5.74, 6) is 0. The summed E-state index contributed by atoms with van der Waals surface area (Å²) >= 11 is 5.12. The van der Waals surface area contributed by atoms with E-state index in [4.69, 9.17) is 20.1 Å². The molecule has 0 saturated heterocycles. The molecule has 1 rings (SSSR count). The van der Waals surface area contributed by atoms with Crippen LogP contribution in [0.15, 0.2) is 24.3 Å². The monoisotopic (exact) mass is 233 g/mol. The molecule has 1 unspecified atom stereocenters. The second kappa shape index (κ2) is 6.50. The van der Waals surface area contributed by atoms with Crippen LogP contribution in [0.5, 0.6) is 0 Å². The predicted octanol–water partition coefficient (Wildman–Crippen LogP) is 1.07. The van der Waals surface area contributed by atoms with Crippen molar-refractivity contribution in [3.63, 3.8) is 0 Å². The minimum Gasteiger partial charge on any atom is -0.332 e. The summed E-state index contributed by atoms with van der Waals surface area (Å²) in [4.78, 5) is 0. The third-order valence-corrected chi connectivity index (χ3v) is 2.39. The summed E-state index contributed by atoms with van der Waals surface area (Å²) in [6, 6.07) is 7.83. The van der Waals surface area contributed by atoms with Crippen LogP contribution in [0.1, 0.15) is 20.3 Å². The molecule has 2 radical (unpaired) electrons. The van der Waals surface area contributed by atoms with Crippen molar-refractivity contribution in [2.75, 3.05) is 5.32 Å². The number of rotatable bonds is 4. The van der Waals surface area contributed by atoms with E-state index in [2.05, 4.69) is 30.0 Å². The largest absolute Gasteiger partial charge is 0.332 e. The summed E-state index contributed by atoms with van der Waals surface area (Å²) in [5.41, 5.74) is 7.60. The van der Waals surface area contributed by atoms with Gasteiger partial charge in [-0.15, -0.1) is 0 Å². The van der Waals surface area contributed by atoms with E-state index in [1.165, 1.54) is 0 Å². The van der Waals surface area contributed by atoms with Gasteiger partial charge < -0.3 is 5.32 Å². The maximum Gasteiger partial charge on any atom is 0.185 e. The van der Waals surface area contributed by atoms with Gasteiger partial charge in [0.2, 0.25) is 0 Å². The lowest BCUT2D eigenvalue weighted by atomic mass is 9.96. The van der Waals surface area contributed by atoms with Crippen LogP contribution in [-0.2, 0) is 0 Å². The Kier molecular flexibility index (Phi) is 5.28. The molecule has 1 atom stereocenters. The Labute approximate surface area is 103 Å². The highest BCUT2D eigenvalue weighted by Crippen LogP contribution is 2.02. The van der Waals surface area contributed by atoms with E-state index >= 15 is 0 Å². The molecule has 0 fully saturated rings. The van der Waals surface area contributed by atoms with Crippen LogP contribution in [0, 0.1) is 0 Å². The van der Waals surface area contributed by atoms with Crippen molar-refractivity contribution in [1.82, 2.24) is 10.9 Å². The minimum absolute atomic E-state index is 0.376. The van der Waals surface area contributed by atoms with Crippen molar-refractivity contribution in [2.45, 2.75) is 26.3 Å². The van der Waals surface area contributed by atoms with Crippen molar-refractivity contribution in [3.8, 4) is 0 Å². The zero-order valence-electron chi connectivity index (χ0n) is 9.58. The van der Waals surface area contributed by atoms with Gasteiger partial charge in [0.05, 0.1) is 0 Å². The average molecular weight is 233 g/mol. The molecular weight excluding hydrogens is 217 g/mol. The van der Waals surface area contributed by atoms with E-state index in [1.807, 2.05) is 24.3 Å². The predicted molar refractivity (Wildman–Crippen MR) is 74.1 cm³/mol. The smallest absolute Gasteiger partial charge is 0.185 e. The van der Waals surface area contributed by atoms with Crippen molar-refractivity contribution in [3.05, 3.63) is 24.3 Å². The third kappa shape index (κ3) is 4.64. The van der Waals surface area contributed by atoms with Crippen molar-refractivity contribution >= 4 is 36.3 Å². The fourth-order valence-corrected chi connectivity index (χ4v) is 1.25. The van der Waals surface area contributed by atoms with E-state index in [0.717, 1.165) is 12.1 Å². The lowest BCUT2D eigenvalue weighted by Gasteiger charge is -2.15. The number of benzene rings is 1. The molecule has 0 bridgehead atoms. The number of hydrogen-bond acceptors (Lipinski definition) is 2. The van der Waals surface area contributed by atoms with E-state index in [1.54, 1.807) is 0 Å². The van der Waals surface area contributed by atoms with Crippen LogP contribution in [-0.4, -0.2) is 19.0 Å². The lowest BCUT2D eigenvalue weighted by Crippen LogP contribution is -2.44. The molecule has 1 aromatic rings. The summed E-state index contributed by atoms with van der Waals surface area (Å²) in [5, 5.41) is 3.57. The van der Waals surface area contributed by atoms with Crippen molar-refractivity contribution in [1.29, 1.82) is 0 Å². The summed E-state index contributed by atoms with van der Waals surface area (Å²) in [6.45, 7) is 4.18. The van der Waals surface area contributed by atoms with Gasteiger partial charge in [-0.05, 0) is 37.7 Å². The molecule has 0 amide bonds. The SMILES string of the molecule is [B]c1cccc(NC(=S)NNC(C)CC)c1. The average Bonchev–Trinajstić information content (AvgIpc) is 2.26. The first-order chi connectivity index (χ1) is 7.61. The van der Waals surface area contributed by atoms with Crippen LogP contribution in [0.25, 0.3) is 0 Å². The fourth-order valence-electron chi connectivity index (χ4n) is 1.07. The van der Waals surface area contributed by atoms with Crippen molar-refractivity contribution < 1.29 is 0 Å². The maximum atomic E-state index is 5.66. The zero-order chi connectivity index (χ0) is 12.0. The Hall–Kier alpha value is -1.07.